The number of likely N-dealkylation sites (tertiary alicyclic amines) is 1. The van der Waals surface area contributed by atoms with Crippen LogP contribution < -0.4 is 4.74 Å². The first-order valence-corrected chi connectivity index (χ1v) is 9.33. The van der Waals surface area contributed by atoms with Gasteiger partial charge < -0.3 is 9.84 Å². The van der Waals surface area contributed by atoms with Gasteiger partial charge in [-0.1, -0.05) is 6.07 Å². The largest absolute Gasteiger partial charge is 0.497 e. The number of halogens is 3. The lowest BCUT2D eigenvalue weighted by molar-refractivity contribution is -0.138. The standard InChI is InChI=1S/C19H23F3N4O2/c1-28-15-3-2-12(16(6-15)19(20,21)22)7-25-8-13-4-17(26-11-23-10-24-26)18(27)5-14(13)9-25/h2-3,6,10-11,13-14,17-18,27H,4-5,7-9H2,1H3/t13-,14+,17-,18-/m1/s1. The van der Waals surface area contributed by atoms with Crippen molar-refractivity contribution in [2.75, 3.05) is 20.2 Å². The van der Waals surface area contributed by atoms with E-state index in [9.17, 15) is 18.3 Å². The number of rotatable bonds is 4. The number of alkyl halides is 3. The fourth-order valence-corrected chi connectivity index (χ4v) is 4.63. The van der Waals surface area contributed by atoms with Crippen molar-refractivity contribution in [1.29, 1.82) is 0 Å². The molecule has 0 amide bonds. The van der Waals surface area contributed by atoms with Gasteiger partial charge in [0.2, 0.25) is 0 Å². The van der Waals surface area contributed by atoms with Crippen LogP contribution in [0.15, 0.2) is 30.9 Å². The predicted molar refractivity (Wildman–Crippen MR) is 94.6 cm³/mol. The maximum atomic E-state index is 13.5. The molecule has 1 saturated carbocycles. The highest BCUT2D eigenvalue weighted by Crippen LogP contribution is 2.42. The molecule has 152 valence electrons. The van der Waals surface area contributed by atoms with E-state index in [1.807, 2.05) is 0 Å². The molecule has 28 heavy (non-hydrogen) atoms. The van der Waals surface area contributed by atoms with Crippen LogP contribution in [0, 0.1) is 11.8 Å². The van der Waals surface area contributed by atoms with Crippen LogP contribution in [0.25, 0.3) is 0 Å². The van der Waals surface area contributed by atoms with E-state index in [0.29, 0.717) is 25.4 Å². The Morgan fingerprint density at radius 3 is 2.61 bits per heavy atom. The summed E-state index contributed by atoms with van der Waals surface area (Å²) in [5.41, 5.74) is -0.400. The number of ether oxygens (including phenoxy) is 1. The molecule has 2 fully saturated rings. The zero-order valence-electron chi connectivity index (χ0n) is 15.5. The maximum absolute atomic E-state index is 13.5. The van der Waals surface area contributed by atoms with Gasteiger partial charge in [0.15, 0.2) is 0 Å². The number of aromatic nitrogens is 3. The van der Waals surface area contributed by atoms with E-state index >= 15 is 0 Å². The van der Waals surface area contributed by atoms with Crippen molar-refractivity contribution in [1.82, 2.24) is 19.7 Å². The third kappa shape index (κ3) is 3.73. The quantitative estimate of drug-likeness (QED) is 0.861. The van der Waals surface area contributed by atoms with Crippen LogP contribution in [0.5, 0.6) is 5.75 Å². The fraction of sp³-hybridized carbons (Fsp3) is 0.579. The second-order valence-electron chi connectivity index (χ2n) is 7.72. The summed E-state index contributed by atoms with van der Waals surface area (Å²) in [6.45, 7) is 1.64. The average molecular weight is 396 g/mol. The number of hydrogen-bond donors (Lipinski definition) is 1. The van der Waals surface area contributed by atoms with Gasteiger partial charge in [0.05, 0.1) is 24.8 Å². The molecule has 1 saturated heterocycles. The number of methoxy groups -OCH3 is 1. The fourth-order valence-electron chi connectivity index (χ4n) is 4.63. The molecule has 1 aromatic carbocycles. The lowest BCUT2D eigenvalue weighted by atomic mass is 9.77. The second kappa shape index (κ2) is 7.36. The first-order valence-electron chi connectivity index (χ1n) is 9.33. The monoisotopic (exact) mass is 396 g/mol. The van der Waals surface area contributed by atoms with Gasteiger partial charge in [-0.15, -0.1) is 0 Å². The van der Waals surface area contributed by atoms with Crippen LogP contribution in [0.4, 0.5) is 13.2 Å². The minimum atomic E-state index is -4.43. The Labute approximate surface area is 160 Å². The van der Waals surface area contributed by atoms with E-state index in [1.165, 1.54) is 19.5 Å². The maximum Gasteiger partial charge on any atom is 0.416 e. The summed E-state index contributed by atoms with van der Waals surface area (Å²) in [6.07, 6.45) is -0.517. The summed E-state index contributed by atoms with van der Waals surface area (Å²) in [7, 11) is 1.36. The molecule has 1 N–H and O–H groups in total. The zero-order valence-corrected chi connectivity index (χ0v) is 15.5. The van der Waals surface area contributed by atoms with Crippen molar-refractivity contribution in [3.8, 4) is 5.75 Å². The highest BCUT2D eigenvalue weighted by Gasteiger charge is 2.43. The summed E-state index contributed by atoms with van der Waals surface area (Å²) in [4.78, 5) is 6.01. The van der Waals surface area contributed by atoms with E-state index in [4.69, 9.17) is 4.74 Å². The average Bonchev–Trinajstić information content (AvgIpc) is 3.29. The SMILES string of the molecule is COc1ccc(CN2C[C@H]3C[C@@H](n4cncn4)[C@H](O)C[C@H]3C2)c(C(F)(F)F)c1. The number of benzene rings is 1. The molecule has 4 atom stereocenters. The van der Waals surface area contributed by atoms with E-state index in [-0.39, 0.29) is 29.8 Å². The summed E-state index contributed by atoms with van der Waals surface area (Å²) in [5.74, 6) is 0.803. The number of aliphatic hydroxyl groups excluding tert-OH is 1. The smallest absolute Gasteiger partial charge is 0.416 e. The summed E-state index contributed by atoms with van der Waals surface area (Å²) < 4.78 is 47.1. The Morgan fingerprint density at radius 2 is 1.96 bits per heavy atom. The van der Waals surface area contributed by atoms with Gasteiger partial charge in [-0.05, 0) is 42.4 Å². The molecule has 1 aliphatic carbocycles. The Kier molecular flexibility index (Phi) is 5.05. The molecule has 0 radical (unpaired) electrons. The summed E-state index contributed by atoms with van der Waals surface area (Å²) in [6, 6.07) is 3.99. The molecule has 6 nitrogen and oxygen atoms in total. The first kappa shape index (κ1) is 19.2. The minimum absolute atomic E-state index is 0.129. The third-order valence-electron chi connectivity index (χ3n) is 5.98. The molecule has 2 aliphatic rings. The second-order valence-corrected chi connectivity index (χ2v) is 7.72. The van der Waals surface area contributed by atoms with Crippen molar-refractivity contribution < 1.29 is 23.0 Å². The number of hydrogen-bond acceptors (Lipinski definition) is 5. The molecule has 2 aromatic rings. The van der Waals surface area contributed by atoms with Crippen LogP contribution in [-0.2, 0) is 12.7 Å². The van der Waals surface area contributed by atoms with Crippen molar-refractivity contribution in [3.63, 3.8) is 0 Å². The topological polar surface area (TPSA) is 63.4 Å². The van der Waals surface area contributed by atoms with Crippen LogP contribution >= 0.6 is 0 Å². The predicted octanol–water partition coefficient (Wildman–Crippen LogP) is 2.75. The van der Waals surface area contributed by atoms with Crippen molar-refractivity contribution in [2.45, 2.75) is 37.7 Å². The first-order chi connectivity index (χ1) is 13.3. The van der Waals surface area contributed by atoms with Gasteiger partial charge in [0.25, 0.3) is 0 Å². The van der Waals surface area contributed by atoms with E-state index < -0.39 is 17.8 Å². The molecule has 0 bridgehead atoms. The molecule has 0 unspecified atom stereocenters. The van der Waals surface area contributed by atoms with Crippen molar-refractivity contribution in [2.24, 2.45) is 11.8 Å². The number of fused-ring (bicyclic) bond motifs is 1. The van der Waals surface area contributed by atoms with E-state index in [2.05, 4.69) is 15.0 Å². The van der Waals surface area contributed by atoms with Gasteiger partial charge in [0, 0.05) is 19.6 Å². The Bertz CT molecular complexity index is 812. The van der Waals surface area contributed by atoms with Gasteiger partial charge in [0.1, 0.15) is 18.4 Å². The molecule has 1 aromatic heterocycles. The molecule has 9 heteroatoms. The molecular weight excluding hydrogens is 373 g/mol. The summed E-state index contributed by atoms with van der Waals surface area (Å²) >= 11 is 0. The molecule has 1 aliphatic heterocycles. The lowest BCUT2D eigenvalue weighted by Gasteiger charge is -2.35. The van der Waals surface area contributed by atoms with Gasteiger partial charge >= 0.3 is 6.18 Å². The number of aliphatic hydroxyl groups is 1. The Balaban J connectivity index is 1.48. The Morgan fingerprint density at radius 1 is 1.21 bits per heavy atom. The van der Waals surface area contributed by atoms with E-state index in [0.717, 1.165) is 12.5 Å². The van der Waals surface area contributed by atoms with Crippen LogP contribution in [0.1, 0.15) is 30.0 Å². The highest BCUT2D eigenvalue weighted by atomic mass is 19.4. The van der Waals surface area contributed by atoms with E-state index in [1.54, 1.807) is 17.1 Å². The van der Waals surface area contributed by atoms with Gasteiger partial charge in [-0.25, -0.2) is 9.67 Å². The summed E-state index contributed by atoms with van der Waals surface area (Å²) in [5, 5.41) is 14.6. The highest BCUT2D eigenvalue weighted by molar-refractivity contribution is 5.37. The van der Waals surface area contributed by atoms with Crippen molar-refractivity contribution >= 4 is 0 Å². The molecule has 0 spiro atoms. The van der Waals surface area contributed by atoms with Gasteiger partial charge in [-0.2, -0.15) is 18.3 Å². The number of nitrogens with zero attached hydrogens (tertiary/aromatic N) is 4. The van der Waals surface area contributed by atoms with Crippen molar-refractivity contribution in [3.05, 3.63) is 42.0 Å². The molecular formula is C19H23F3N4O2. The molecule has 4 rings (SSSR count). The van der Waals surface area contributed by atoms with Gasteiger partial charge in [-0.3, -0.25) is 4.90 Å². The third-order valence-corrected chi connectivity index (χ3v) is 5.98. The van der Waals surface area contributed by atoms with Crippen LogP contribution in [0.3, 0.4) is 0 Å². The lowest BCUT2D eigenvalue weighted by Crippen LogP contribution is -2.36. The van der Waals surface area contributed by atoms with Crippen LogP contribution in [0.2, 0.25) is 0 Å². The van der Waals surface area contributed by atoms with Crippen LogP contribution in [-0.4, -0.2) is 51.1 Å². The minimum Gasteiger partial charge on any atom is -0.497 e. The Hall–Kier alpha value is -2.13. The zero-order chi connectivity index (χ0) is 19.9. The normalized spacial score (nSPS) is 28.3. The molecule has 2 heterocycles.